The summed E-state index contributed by atoms with van der Waals surface area (Å²) >= 11 is 0. The lowest BCUT2D eigenvalue weighted by molar-refractivity contribution is -0.140. The zero-order valence-electron chi connectivity index (χ0n) is 37.6. The fourth-order valence-corrected chi connectivity index (χ4v) is 9.04. The van der Waals surface area contributed by atoms with E-state index in [0.29, 0.717) is 59.5 Å². The number of ether oxygens (including phenoxy) is 6. The van der Waals surface area contributed by atoms with Crippen molar-refractivity contribution in [1.82, 2.24) is 0 Å². The van der Waals surface area contributed by atoms with E-state index in [1.54, 1.807) is 19.9 Å². The Morgan fingerprint density at radius 2 is 1.23 bits per heavy atom. The molecule has 0 saturated heterocycles. The third kappa shape index (κ3) is 13.9. The zero-order valence-corrected chi connectivity index (χ0v) is 37.6. The molecule has 10 nitrogen and oxygen atoms in total. The first kappa shape index (κ1) is 48.2. The van der Waals surface area contributed by atoms with Crippen molar-refractivity contribution < 1.29 is 48.2 Å². The van der Waals surface area contributed by atoms with Crippen LogP contribution in [-0.2, 0) is 19.1 Å². The number of esters is 2. The van der Waals surface area contributed by atoms with Gasteiger partial charge >= 0.3 is 11.9 Å². The number of benzene rings is 3. The Kier molecular flexibility index (Phi) is 19.2. The van der Waals surface area contributed by atoms with Crippen LogP contribution < -0.4 is 18.9 Å². The molecule has 3 aromatic carbocycles. The lowest BCUT2D eigenvalue weighted by Crippen LogP contribution is -2.25. The third-order valence-electron chi connectivity index (χ3n) is 12.4. The van der Waals surface area contributed by atoms with Crippen molar-refractivity contribution in [1.29, 1.82) is 0 Å². The molecule has 10 heteroatoms. The van der Waals surface area contributed by atoms with Crippen molar-refractivity contribution >= 4 is 11.9 Å². The summed E-state index contributed by atoms with van der Waals surface area (Å²) in [6.07, 6.45) is 14.7. The molecule has 0 heterocycles. The van der Waals surface area contributed by atoms with Crippen LogP contribution in [0, 0.1) is 24.7 Å². The molecule has 0 aromatic heterocycles. The van der Waals surface area contributed by atoms with E-state index in [-0.39, 0.29) is 46.2 Å². The van der Waals surface area contributed by atoms with E-state index in [9.17, 15) is 19.8 Å². The second-order valence-electron chi connectivity index (χ2n) is 17.1. The molecule has 62 heavy (non-hydrogen) atoms. The molecule has 0 spiro atoms. The van der Waals surface area contributed by atoms with E-state index in [1.807, 2.05) is 18.2 Å². The quantitative estimate of drug-likeness (QED) is 0.0510. The predicted molar refractivity (Wildman–Crippen MR) is 244 cm³/mol. The van der Waals surface area contributed by atoms with Crippen molar-refractivity contribution in [3.8, 4) is 45.3 Å². The van der Waals surface area contributed by atoms with E-state index in [0.717, 1.165) is 45.6 Å². The average molecular weight is 855 g/mol. The minimum absolute atomic E-state index is 0.0121. The van der Waals surface area contributed by atoms with Crippen molar-refractivity contribution in [3.05, 3.63) is 84.0 Å². The van der Waals surface area contributed by atoms with Crippen molar-refractivity contribution in [2.45, 2.75) is 111 Å². The second-order valence-corrected chi connectivity index (χ2v) is 17.1. The van der Waals surface area contributed by atoms with E-state index in [4.69, 9.17) is 28.4 Å². The standard InChI is InChI=1S/C52H70O10/c1-7-10-38-11-13-39(14-12-38)40-15-17-41(18-16-40)42-19-21-45(37(6)31-42)44-32-46(50(60-25-9-8-23-53)49(34-44)59-28-30-62-52(56)36(4)5)43-20-22-47(48(33-43)57-26-24-54)58-27-29-61-51(55)35(2)3/h19-22,31-34,38-41,53-54H,2,4,7-18,23-30H2,1,3,5-6H3. The molecule has 5 rings (SSSR count). The summed E-state index contributed by atoms with van der Waals surface area (Å²) in [4.78, 5) is 24.1. The van der Waals surface area contributed by atoms with Crippen LogP contribution in [0.25, 0.3) is 22.3 Å². The average Bonchev–Trinajstić information content (AvgIpc) is 3.27. The lowest BCUT2D eigenvalue weighted by atomic mass is 9.68. The number of aryl methyl sites for hydroxylation is 1. The maximum Gasteiger partial charge on any atom is 0.333 e. The molecule has 0 radical (unpaired) electrons. The minimum atomic E-state index is -0.499. The lowest BCUT2D eigenvalue weighted by Gasteiger charge is -2.38. The molecular formula is C52H70O10. The number of carbonyl (C=O) groups excluding carboxylic acids is 2. The van der Waals surface area contributed by atoms with Crippen LogP contribution in [0.2, 0.25) is 0 Å². The molecule has 0 unspecified atom stereocenters. The molecule has 2 saturated carbocycles. The van der Waals surface area contributed by atoms with Crippen LogP contribution >= 0.6 is 0 Å². The summed E-state index contributed by atoms with van der Waals surface area (Å²) < 4.78 is 35.4. The molecule has 2 fully saturated rings. The van der Waals surface area contributed by atoms with Crippen LogP contribution in [0.4, 0.5) is 0 Å². The number of carbonyl (C=O) groups is 2. The Hall–Kier alpha value is -4.80. The Morgan fingerprint density at radius 1 is 0.613 bits per heavy atom. The number of unbranched alkanes of at least 4 members (excludes halogenated alkanes) is 1. The maximum absolute atomic E-state index is 12.2. The highest BCUT2D eigenvalue weighted by Gasteiger charge is 2.31. The van der Waals surface area contributed by atoms with Gasteiger partial charge < -0.3 is 38.6 Å². The van der Waals surface area contributed by atoms with Crippen LogP contribution in [0.3, 0.4) is 0 Å². The molecule has 3 aromatic rings. The molecule has 338 valence electrons. The summed E-state index contributed by atoms with van der Waals surface area (Å²) in [6, 6.07) is 16.4. The smallest absolute Gasteiger partial charge is 0.333 e. The first-order chi connectivity index (χ1) is 30.0. The number of aliphatic hydroxyl groups is 2. The monoisotopic (exact) mass is 854 g/mol. The van der Waals surface area contributed by atoms with Crippen LogP contribution in [0.15, 0.2) is 72.8 Å². The van der Waals surface area contributed by atoms with Crippen LogP contribution in [0.5, 0.6) is 23.0 Å². The van der Waals surface area contributed by atoms with Gasteiger partial charge in [0.2, 0.25) is 0 Å². The van der Waals surface area contributed by atoms with Crippen LogP contribution in [0.1, 0.15) is 115 Å². The Morgan fingerprint density at radius 3 is 1.82 bits per heavy atom. The number of hydrogen-bond donors (Lipinski definition) is 2. The van der Waals surface area contributed by atoms with Crippen molar-refractivity contribution in [2.75, 3.05) is 52.9 Å². The number of hydrogen-bond acceptors (Lipinski definition) is 10. The van der Waals surface area contributed by atoms with E-state index in [1.165, 1.54) is 69.8 Å². The number of aliphatic hydroxyl groups excluding tert-OH is 2. The fraction of sp³-hybridized carbons (Fsp3) is 0.538. The molecule has 2 aliphatic rings. The summed E-state index contributed by atoms with van der Waals surface area (Å²) in [5, 5.41) is 19.2. The van der Waals surface area contributed by atoms with Gasteiger partial charge in [-0.15, -0.1) is 0 Å². The van der Waals surface area contributed by atoms with Gasteiger partial charge in [-0.05, 0) is 148 Å². The van der Waals surface area contributed by atoms with Gasteiger partial charge in [-0.3, -0.25) is 0 Å². The molecule has 0 bridgehead atoms. The van der Waals surface area contributed by atoms with Crippen molar-refractivity contribution in [3.63, 3.8) is 0 Å². The first-order valence-electron chi connectivity index (χ1n) is 22.8. The van der Waals surface area contributed by atoms with Crippen molar-refractivity contribution in [2.24, 2.45) is 17.8 Å². The van der Waals surface area contributed by atoms with Gasteiger partial charge in [0, 0.05) is 23.3 Å². The Balaban J connectivity index is 1.46. The highest BCUT2D eigenvalue weighted by atomic mass is 16.6. The minimum Gasteiger partial charge on any atom is -0.489 e. The maximum atomic E-state index is 12.2. The molecule has 2 aliphatic carbocycles. The topological polar surface area (TPSA) is 130 Å². The molecule has 2 N–H and O–H groups in total. The Bertz CT molecular complexity index is 1940. The Labute approximate surface area is 369 Å². The fourth-order valence-electron chi connectivity index (χ4n) is 9.04. The van der Waals surface area contributed by atoms with Gasteiger partial charge in [0.1, 0.15) is 33.0 Å². The van der Waals surface area contributed by atoms with E-state index >= 15 is 0 Å². The van der Waals surface area contributed by atoms with Gasteiger partial charge in [0.15, 0.2) is 23.0 Å². The van der Waals surface area contributed by atoms with Gasteiger partial charge in [0.05, 0.1) is 13.2 Å². The van der Waals surface area contributed by atoms with Gasteiger partial charge in [-0.2, -0.15) is 0 Å². The van der Waals surface area contributed by atoms with Gasteiger partial charge in [0.25, 0.3) is 0 Å². The largest absolute Gasteiger partial charge is 0.489 e. The second kappa shape index (κ2) is 24.7. The highest BCUT2D eigenvalue weighted by Crippen LogP contribution is 2.47. The third-order valence-corrected chi connectivity index (χ3v) is 12.4. The SMILES string of the molecule is C=C(C)C(=O)OCCOc1ccc(-c2cc(-c3ccc(C4CCC(C5CCC(CCC)CC5)CC4)cc3C)cc(OCCOC(=O)C(=C)C)c2OCCCCO)cc1OCCO. The van der Waals surface area contributed by atoms with E-state index in [2.05, 4.69) is 51.3 Å². The molecule has 0 aliphatic heterocycles. The van der Waals surface area contributed by atoms with Gasteiger partial charge in [-0.25, -0.2) is 9.59 Å². The summed E-state index contributed by atoms with van der Waals surface area (Å²) in [5.74, 6) is 4.01. The molecule has 0 atom stereocenters. The number of rotatable bonds is 24. The van der Waals surface area contributed by atoms with Crippen LogP contribution in [-0.4, -0.2) is 75.0 Å². The summed E-state index contributed by atoms with van der Waals surface area (Å²) in [5.41, 5.74) is 6.59. The zero-order chi connectivity index (χ0) is 44.4. The first-order valence-corrected chi connectivity index (χ1v) is 22.8. The predicted octanol–water partition coefficient (Wildman–Crippen LogP) is 10.7. The van der Waals surface area contributed by atoms with Gasteiger partial charge in [-0.1, -0.05) is 70.0 Å². The normalized spacial score (nSPS) is 18.7. The highest BCUT2D eigenvalue weighted by molar-refractivity contribution is 5.87. The summed E-state index contributed by atoms with van der Waals surface area (Å²) in [7, 11) is 0. The molecular weight excluding hydrogens is 785 g/mol. The molecule has 0 amide bonds. The van der Waals surface area contributed by atoms with E-state index < -0.39 is 11.9 Å². The summed E-state index contributed by atoms with van der Waals surface area (Å²) in [6.45, 7) is 15.3.